The first-order chi connectivity index (χ1) is 9.38. The molecule has 4 heteroatoms. The standard InChI is InChI=1S/C15H15N3S/c16-7-12-9-17-14-4-2-1-3-13(14)15(12)18-8-11-5-6-19-10-11/h1-4,9,11H,5-6,8,10H2,(H,17,18). The normalized spacial score (nSPS) is 18.4. The molecule has 3 rings (SSSR count). The molecule has 0 radical (unpaired) electrons. The predicted octanol–water partition coefficient (Wildman–Crippen LogP) is 3.27. The number of benzene rings is 1. The maximum atomic E-state index is 9.24. The molecule has 1 N–H and O–H groups in total. The van der Waals surface area contributed by atoms with Gasteiger partial charge in [-0.3, -0.25) is 4.98 Å². The van der Waals surface area contributed by atoms with Crippen LogP contribution in [0.5, 0.6) is 0 Å². The van der Waals surface area contributed by atoms with Gasteiger partial charge < -0.3 is 5.32 Å². The Balaban J connectivity index is 1.93. The van der Waals surface area contributed by atoms with Gasteiger partial charge in [-0.25, -0.2) is 0 Å². The van der Waals surface area contributed by atoms with E-state index in [0.29, 0.717) is 11.5 Å². The van der Waals surface area contributed by atoms with Crippen LogP contribution < -0.4 is 5.32 Å². The number of aromatic nitrogens is 1. The van der Waals surface area contributed by atoms with Gasteiger partial charge in [-0.15, -0.1) is 0 Å². The van der Waals surface area contributed by atoms with Gasteiger partial charge in [-0.1, -0.05) is 18.2 Å². The number of pyridine rings is 1. The van der Waals surface area contributed by atoms with Crippen molar-refractivity contribution >= 4 is 28.4 Å². The first-order valence-corrected chi connectivity index (χ1v) is 7.63. The van der Waals surface area contributed by atoms with Gasteiger partial charge in [0.2, 0.25) is 0 Å². The van der Waals surface area contributed by atoms with Gasteiger partial charge >= 0.3 is 0 Å². The molecule has 96 valence electrons. The lowest BCUT2D eigenvalue weighted by atomic mass is 10.1. The molecule has 1 unspecified atom stereocenters. The van der Waals surface area contributed by atoms with Crippen molar-refractivity contribution in [1.29, 1.82) is 5.26 Å². The summed E-state index contributed by atoms with van der Waals surface area (Å²) in [5.41, 5.74) is 2.50. The second kappa shape index (κ2) is 5.50. The SMILES string of the molecule is N#Cc1cnc2ccccc2c1NCC1CCSC1. The molecule has 0 saturated carbocycles. The number of hydrogen-bond donors (Lipinski definition) is 1. The lowest BCUT2D eigenvalue weighted by Gasteiger charge is -2.14. The number of thioether (sulfide) groups is 1. The van der Waals surface area contributed by atoms with Gasteiger partial charge in [0, 0.05) is 18.1 Å². The summed E-state index contributed by atoms with van der Waals surface area (Å²) in [7, 11) is 0. The average Bonchev–Trinajstić information content (AvgIpc) is 2.97. The van der Waals surface area contributed by atoms with Crippen LogP contribution in [0.3, 0.4) is 0 Å². The lowest BCUT2D eigenvalue weighted by molar-refractivity contribution is 0.632. The molecule has 1 fully saturated rings. The summed E-state index contributed by atoms with van der Waals surface area (Å²) in [6, 6.07) is 10.2. The van der Waals surface area contributed by atoms with Crippen LogP contribution in [0.2, 0.25) is 0 Å². The molecule has 0 bridgehead atoms. The molecule has 19 heavy (non-hydrogen) atoms. The second-order valence-corrected chi connectivity index (χ2v) is 5.94. The zero-order valence-corrected chi connectivity index (χ0v) is 11.4. The third-order valence-corrected chi connectivity index (χ3v) is 4.72. The molecule has 1 aliphatic rings. The Morgan fingerprint density at radius 1 is 1.42 bits per heavy atom. The van der Waals surface area contributed by atoms with E-state index >= 15 is 0 Å². The highest BCUT2D eigenvalue weighted by molar-refractivity contribution is 7.99. The van der Waals surface area contributed by atoms with Crippen LogP contribution in [0.25, 0.3) is 10.9 Å². The monoisotopic (exact) mass is 269 g/mol. The van der Waals surface area contributed by atoms with Crippen molar-refractivity contribution in [3.63, 3.8) is 0 Å². The maximum Gasteiger partial charge on any atom is 0.103 e. The Bertz CT molecular complexity index is 627. The van der Waals surface area contributed by atoms with Crippen LogP contribution in [-0.4, -0.2) is 23.0 Å². The van der Waals surface area contributed by atoms with Gasteiger partial charge in [-0.2, -0.15) is 17.0 Å². The quantitative estimate of drug-likeness (QED) is 0.929. The fourth-order valence-corrected chi connectivity index (χ4v) is 3.69. The van der Waals surface area contributed by atoms with Gasteiger partial charge in [0.1, 0.15) is 6.07 Å². The van der Waals surface area contributed by atoms with Crippen molar-refractivity contribution in [3.05, 3.63) is 36.0 Å². The third kappa shape index (κ3) is 2.52. The summed E-state index contributed by atoms with van der Waals surface area (Å²) in [5.74, 6) is 3.19. The van der Waals surface area contributed by atoms with E-state index < -0.39 is 0 Å². The van der Waals surface area contributed by atoms with Gasteiger partial charge in [0.15, 0.2) is 0 Å². The number of para-hydroxylation sites is 1. The maximum absolute atomic E-state index is 9.24. The van der Waals surface area contributed by atoms with Crippen molar-refractivity contribution in [2.24, 2.45) is 5.92 Å². The molecule has 1 aromatic carbocycles. The minimum absolute atomic E-state index is 0.629. The minimum Gasteiger partial charge on any atom is -0.383 e. The first-order valence-electron chi connectivity index (χ1n) is 6.48. The van der Waals surface area contributed by atoms with Gasteiger partial charge in [-0.05, 0) is 29.9 Å². The molecule has 0 aliphatic carbocycles. The van der Waals surface area contributed by atoms with Crippen molar-refractivity contribution in [2.45, 2.75) is 6.42 Å². The predicted molar refractivity (Wildman–Crippen MR) is 80.4 cm³/mol. The van der Waals surface area contributed by atoms with Crippen LogP contribution in [-0.2, 0) is 0 Å². The number of nitrogens with one attached hydrogen (secondary N) is 1. The number of fused-ring (bicyclic) bond motifs is 1. The molecule has 1 aromatic heterocycles. The van der Waals surface area contributed by atoms with E-state index in [1.807, 2.05) is 36.0 Å². The molecule has 2 aromatic rings. The highest BCUT2D eigenvalue weighted by atomic mass is 32.2. The van der Waals surface area contributed by atoms with E-state index in [1.54, 1.807) is 6.20 Å². The molecular formula is C15H15N3S. The topological polar surface area (TPSA) is 48.7 Å². The van der Waals surface area contributed by atoms with Gasteiger partial charge in [0.05, 0.1) is 16.8 Å². The zero-order valence-electron chi connectivity index (χ0n) is 10.6. The van der Waals surface area contributed by atoms with Crippen LogP contribution in [0.4, 0.5) is 5.69 Å². The van der Waals surface area contributed by atoms with E-state index in [1.165, 1.54) is 17.9 Å². The average molecular weight is 269 g/mol. The zero-order chi connectivity index (χ0) is 13.1. The molecule has 1 aliphatic heterocycles. The lowest BCUT2D eigenvalue weighted by Crippen LogP contribution is -2.14. The number of anilines is 1. The van der Waals surface area contributed by atoms with E-state index in [9.17, 15) is 5.26 Å². The Labute approximate surface area is 117 Å². The van der Waals surface area contributed by atoms with Crippen LogP contribution in [0.1, 0.15) is 12.0 Å². The van der Waals surface area contributed by atoms with E-state index in [-0.39, 0.29) is 0 Å². The summed E-state index contributed by atoms with van der Waals surface area (Å²) in [4.78, 5) is 4.33. The molecule has 0 spiro atoms. The summed E-state index contributed by atoms with van der Waals surface area (Å²) < 4.78 is 0. The molecule has 3 nitrogen and oxygen atoms in total. The highest BCUT2D eigenvalue weighted by Gasteiger charge is 2.16. The molecule has 2 heterocycles. The summed E-state index contributed by atoms with van der Waals surface area (Å²) in [6.45, 7) is 0.940. The Morgan fingerprint density at radius 3 is 3.11 bits per heavy atom. The number of rotatable bonds is 3. The largest absolute Gasteiger partial charge is 0.383 e. The Hall–Kier alpha value is -1.73. The van der Waals surface area contributed by atoms with Crippen molar-refractivity contribution in [3.8, 4) is 6.07 Å². The molecule has 1 saturated heterocycles. The summed E-state index contributed by atoms with van der Waals surface area (Å²) >= 11 is 2.01. The van der Waals surface area contributed by atoms with Crippen molar-refractivity contribution in [2.75, 3.05) is 23.4 Å². The first kappa shape index (κ1) is 12.3. The van der Waals surface area contributed by atoms with Crippen molar-refractivity contribution in [1.82, 2.24) is 4.98 Å². The van der Waals surface area contributed by atoms with Gasteiger partial charge in [0.25, 0.3) is 0 Å². The minimum atomic E-state index is 0.629. The van der Waals surface area contributed by atoms with Crippen LogP contribution >= 0.6 is 11.8 Å². The smallest absolute Gasteiger partial charge is 0.103 e. The molecule has 0 amide bonds. The van der Waals surface area contributed by atoms with Crippen LogP contribution in [0.15, 0.2) is 30.5 Å². The number of hydrogen-bond acceptors (Lipinski definition) is 4. The summed E-state index contributed by atoms with van der Waals surface area (Å²) in [5, 5.41) is 13.7. The fraction of sp³-hybridized carbons (Fsp3) is 0.333. The number of nitrogens with zero attached hydrogens (tertiary/aromatic N) is 2. The van der Waals surface area contributed by atoms with E-state index in [0.717, 1.165) is 23.1 Å². The fourth-order valence-electron chi connectivity index (χ4n) is 2.41. The van der Waals surface area contributed by atoms with Crippen LogP contribution in [0, 0.1) is 17.2 Å². The highest BCUT2D eigenvalue weighted by Crippen LogP contribution is 2.28. The van der Waals surface area contributed by atoms with E-state index in [2.05, 4.69) is 16.4 Å². The Kier molecular flexibility index (Phi) is 3.56. The van der Waals surface area contributed by atoms with E-state index in [4.69, 9.17) is 0 Å². The summed E-state index contributed by atoms with van der Waals surface area (Å²) in [6.07, 6.45) is 2.93. The van der Waals surface area contributed by atoms with Crippen molar-refractivity contribution < 1.29 is 0 Å². The Morgan fingerprint density at radius 2 is 2.32 bits per heavy atom. The molecule has 1 atom stereocenters. The third-order valence-electron chi connectivity index (χ3n) is 3.49. The second-order valence-electron chi connectivity index (χ2n) is 4.79. The number of nitriles is 1. The molecular weight excluding hydrogens is 254 g/mol.